The van der Waals surface area contributed by atoms with Crippen LogP contribution in [0.15, 0.2) is 53.5 Å². The van der Waals surface area contributed by atoms with Crippen LogP contribution in [0.25, 0.3) is 22.4 Å². The summed E-state index contributed by atoms with van der Waals surface area (Å²) < 4.78 is 7.33. The number of aromatic nitrogens is 5. The van der Waals surface area contributed by atoms with Gasteiger partial charge in [0.2, 0.25) is 6.41 Å². The Hall–Kier alpha value is -4.01. The molecule has 0 aliphatic carbocycles. The highest BCUT2D eigenvalue weighted by molar-refractivity contribution is 5.92. The van der Waals surface area contributed by atoms with Gasteiger partial charge in [-0.2, -0.15) is 5.10 Å². The first-order chi connectivity index (χ1) is 15.1. The highest BCUT2D eigenvalue weighted by Gasteiger charge is 2.21. The van der Waals surface area contributed by atoms with E-state index in [1.165, 1.54) is 9.58 Å². The molecular weight excluding hydrogens is 396 g/mol. The van der Waals surface area contributed by atoms with Crippen LogP contribution in [0.2, 0.25) is 0 Å². The van der Waals surface area contributed by atoms with E-state index in [9.17, 15) is 9.59 Å². The molecule has 0 aliphatic rings. The van der Waals surface area contributed by atoms with Gasteiger partial charge in [-0.05, 0) is 30.7 Å². The fourth-order valence-corrected chi connectivity index (χ4v) is 3.25. The molecule has 4 rings (SSSR count). The number of fused-ring (bicyclic) bond motifs is 1. The maximum absolute atomic E-state index is 13.1. The van der Waals surface area contributed by atoms with Gasteiger partial charge < -0.3 is 9.72 Å². The number of rotatable bonds is 8. The minimum atomic E-state index is -0.362. The van der Waals surface area contributed by atoms with Gasteiger partial charge in [0.1, 0.15) is 17.1 Å². The highest BCUT2D eigenvalue weighted by Crippen LogP contribution is 2.29. The second-order valence-corrected chi connectivity index (χ2v) is 6.98. The zero-order valence-corrected chi connectivity index (χ0v) is 17.3. The number of aromatic amines is 1. The fraction of sp³-hybridized carbons (Fsp3) is 0.227. The normalized spacial score (nSPS) is 10.9. The number of ether oxygens (including phenoxy) is 1. The van der Waals surface area contributed by atoms with Gasteiger partial charge >= 0.3 is 0 Å². The third kappa shape index (κ3) is 4.02. The van der Waals surface area contributed by atoms with Crippen LogP contribution in [0, 0.1) is 0 Å². The van der Waals surface area contributed by atoms with Gasteiger partial charge in [0.05, 0.1) is 24.4 Å². The molecule has 0 spiro atoms. The van der Waals surface area contributed by atoms with Gasteiger partial charge in [-0.3, -0.25) is 19.5 Å². The first-order valence-electron chi connectivity index (χ1n) is 9.93. The Morgan fingerprint density at radius 3 is 2.74 bits per heavy atom. The molecule has 0 fully saturated rings. The third-order valence-electron chi connectivity index (χ3n) is 4.71. The molecule has 0 bridgehead atoms. The van der Waals surface area contributed by atoms with Gasteiger partial charge in [-0.1, -0.05) is 25.1 Å². The summed E-state index contributed by atoms with van der Waals surface area (Å²) in [5.41, 5.74) is 1.63. The van der Waals surface area contributed by atoms with Gasteiger partial charge in [0.25, 0.3) is 5.56 Å². The van der Waals surface area contributed by atoms with Crippen molar-refractivity contribution in [3.63, 3.8) is 0 Å². The van der Waals surface area contributed by atoms with E-state index in [1.54, 1.807) is 13.2 Å². The van der Waals surface area contributed by atoms with Gasteiger partial charge in [-0.25, -0.2) is 9.67 Å². The average Bonchev–Trinajstić information content (AvgIpc) is 3.16. The number of carbonyl (C=O) groups excluding carboxylic acids is 1. The van der Waals surface area contributed by atoms with Gasteiger partial charge in [0.15, 0.2) is 11.3 Å². The first kappa shape index (κ1) is 20.3. The van der Waals surface area contributed by atoms with Crippen molar-refractivity contribution in [3.05, 3.63) is 64.7 Å². The molecule has 158 valence electrons. The molecule has 0 saturated heterocycles. The number of hydrogen-bond acceptors (Lipinski definition) is 6. The number of H-pyrrole nitrogens is 1. The quantitative estimate of drug-likeness (QED) is 0.441. The lowest BCUT2D eigenvalue weighted by Gasteiger charge is -2.11. The van der Waals surface area contributed by atoms with Crippen molar-refractivity contribution in [2.75, 3.05) is 18.6 Å². The Morgan fingerprint density at radius 1 is 1.19 bits per heavy atom. The topological polar surface area (TPSA) is 106 Å². The van der Waals surface area contributed by atoms with Gasteiger partial charge in [-0.15, -0.1) is 0 Å². The maximum atomic E-state index is 13.1. The minimum absolute atomic E-state index is 0.268. The molecule has 1 aromatic carbocycles. The molecule has 3 heterocycles. The zero-order chi connectivity index (χ0) is 21.8. The van der Waals surface area contributed by atoms with E-state index in [0.29, 0.717) is 41.5 Å². The number of pyridine rings is 1. The van der Waals surface area contributed by atoms with Crippen molar-refractivity contribution in [2.24, 2.45) is 0 Å². The molecule has 0 unspecified atom stereocenters. The molecule has 4 aromatic rings. The Morgan fingerprint density at radius 2 is 2.00 bits per heavy atom. The number of para-hydroxylation sites is 1. The number of hydrogen-bond donors (Lipinski definition) is 1. The van der Waals surface area contributed by atoms with Crippen molar-refractivity contribution in [1.82, 2.24) is 24.7 Å². The summed E-state index contributed by atoms with van der Waals surface area (Å²) in [6, 6.07) is 12.9. The molecule has 31 heavy (non-hydrogen) atoms. The predicted octanol–water partition coefficient (Wildman–Crippen LogP) is 2.61. The molecule has 0 saturated carbocycles. The van der Waals surface area contributed by atoms with Crippen LogP contribution in [0.3, 0.4) is 0 Å². The van der Waals surface area contributed by atoms with E-state index in [4.69, 9.17) is 4.74 Å². The third-order valence-corrected chi connectivity index (χ3v) is 4.71. The van der Waals surface area contributed by atoms with E-state index in [-0.39, 0.29) is 17.6 Å². The molecule has 0 aliphatic heterocycles. The predicted molar refractivity (Wildman–Crippen MR) is 117 cm³/mol. The molecule has 3 aromatic heterocycles. The monoisotopic (exact) mass is 418 g/mol. The summed E-state index contributed by atoms with van der Waals surface area (Å²) in [6.45, 7) is 2.83. The maximum Gasteiger partial charge on any atom is 0.277 e. The lowest BCUT2D eigenvalue weighted by Crippen LogP contribution is -2.15. The second kappa shape index (κ2) is 8.78. The van der Waals surface area contributed by atoms with Crippen LogP contribution >= 0.6 is 0 Å². The zero-order valence-electron chi connectivity index (χ0n) is 17.3. The Kier molecular flexibility index (Phi) is 5.74. The Labute approximate surface area is 178 Å². The SMILES string of the molecule is CCCOc1ccccc1-c1nc2c(N(C)C=O)nn(Cc3ccccn3)c2c(=O)[nH]1. The molecule has 1 amide bonds. The lowest BCUT2D eigenvalue weighted by molar-refractivity contribution is -0.107. The second-order valence-electron chi connectivity index (χ2n) is 6.98. The summed E-state index contributed by atoms with van der Waals surface area (Å²) in [5, 5.41) is 4.48. The van der Waals surface area contributed by atoms with Crippen LogP contribution in [0.5, 0.6) is 5.75 Å². The van der Waals surface area contributed by atoms with Crippen molar-refractivity contribution in [2.45, 2.75) is 19.9 Å². The largest absolute Gasteiger partial charge is 0.493 e. The molecule has 9 nitrogen and oxygen atoms in total. The number of carbonyl (C=O) groups is 1. The number of amides is 1. The molecule has 1 N–H and O–H groups in total. The first-order valence-corrected chi connectivity index (χ1v) is 9.93. The molecule has 0 atom stereocenters. The van der Waals surface area contributed by atoms with E-state index in [0.717, 1.165) is 12.1 Å². The molecular formula is C22H22N6O3. The van der Waals surface area contributed by atoms with Crippen LogP contribution in [0.1, 0.15) is 19.0 Å². The van der Waals surface area contributed by atoms with Crippen molar-refractivity contribution in [1.29, 1.82) is 0 Å². The summed E-state index contributed by atoms with van der Waals surface area (Å²) in [5.74, 6) is 1.26. The number of nitrogens with one attached hydrogen (secondary N) is 1. The standard InChI is InChI=1S/C22H22N6O3/c1-3-12-31-17-10-5-4-9-16(17)20-24-18-19(22(30)25-20)28(26-21(18)27(2)14-29)13-15-8-6-7-11-23-15/h4-11,14H,3,12-13H2,1-2H3,(H,24,25,30). The average molecular weight is 418 g/mol. The van der Waals surface area contributed by atoms with Crippen LogP contribution in [-0.2, 0) is 11.3 Å². The molecule has 9 heteroatoms. The van der Waals surface area contributed by atoms with Crippen LogP contribution in [0.4, 0.5) is 5.82 Å². The summed E-state index contributed by atoms with van der Waals surface area (Å²) in [7, 11) is 1.57. The van der Waals surface area contributed by atoms with Crippen molar-refractivity contribution >= 4 is 23.3 Å². The van der Waals surface area contributed by atoms with Crippen molar-refractivity contribution in [3.8, 4) is 17.1 Å². The number of anilines is 1. The van der Waals surface area contributed by atoms with Gasteiger partial charge in [0, 0.05) is 13.2 Å². The van der Waals surface area contributed by atoms with Crippen LogP contribution < -0.4 is 15.2 Å². The number of nitrogens with zero attached hydrogens (tertiary/aromatic N) is 5. The summed E-state index contributed by atoms with van der Waals surface area (Å²) in [6.07, 6.45) is 3.16. The van der Waals surface area contributed by atoms with Crippen molar-refractivity contribution < 1.29 is 9.53 Å². The summed E-state index contributed by atoms with van der Waals surface area (Å²) >= 11 is 0. The highest BCUT2D eigenvalue weighted by atomic mass is 16.5. The minimum Gasteiger partial charge on any atom is -0.493 e. The lowest BCUT2D eigenvalue weighted by atomic mass is 10.2. The molecule has 0 radical (unpaired) electrons. The Balaban J connectivity index is 1.89. The summed E-state index contributed by atoms with van der Waals surface area (Å²) in [4.78, 5) is 37.7. The number of benzene rings is 1. The Bertz CT molecular complexity index is 1270. The van der Waals surface area contributed by atoms with Crippen LogP contribution in [-0.4, -0.2) is 44.8 Å². The van der Waals surface area contributed by atoms with E-state index < -0.39 is 0 Å². The van der Waals surface area contributed by atoms with E-state index in [2.05, 4.69) is 20.1 Å². The van der Waals surface area contributed by atoms with E-state index >= 15 is 0 Å². The van der Waals surface area contributed by atoms with E-state index in [1.807, 2.05) is 49.4 Å². The smallest absolute Gasteiger partial charge is 0.277 e. The fourth-order valence-electron chi connectivity index (χ4n) is 3.25.